The van der Waals surface area contributed by atoms with E-state index in [1.807, 2.05) is 90.9 Å². The molecule has 4 amide bonds. The summed E-state index contributed by atoms with van der Waals surface area (Å²) >= 11 is 0. The second kappa shape index (κ2) is 22.1. The van der Waals surface area contributed by atoms with Gasteiger partial charge >= 0.3 is 5.97 Å². The number of methoxy groups -OCH3 is 2. The number of hydrogen-bond donors (Lipinski definition) is 3. The number of carbonyl (C=O) groups is 5. The largest absolute Gasteiger partial charge is 0.480 e. The summed E-state index contributed by atoms with van der Waals surface area (Å²) in [5, 5.41) is 15.6. The zero-order valence-corrected chi connectivity index (χ0v) is 34.8. The van der Waals surface area contributed by atoms with E-state index >= 15 is 0 Å². The molecule has 1 aromatic carbocycles. The third-order valence-corrected chi connectivity index (χ3v) is 11.1. The number of piperidine rings is 1. The van der Waals surface area contributed by atoms with E-state index in [0.717, 1.165) is 24.8 Å². The van der Waals surface area contributed by atoms with Crippen LogP contribution < -0.4 is 10.6 Å². The molecule has 0 spiro atoms. The average Bonchev–Trinajstić information content (AvgIpc) is 3.12. The molecular formula is C41H69N5O8. The molecule has 1 aromatic rings. The van der Waals surface area contributed by atoms with Gasteiger partial charge in [0.1, 0.15) is 12.1 Å². The second-order valence-corrected chi connectivity index (χ2v) is 15.9. The number of likely N-dealkylation sites (N-methyl/N-ethyl adjacent to an activating group) is 2. The molecule has 0 aliphatic carbocycles. The van der Waals surface area contributed by atoms with Crippen molar-refractivity contribution >= 4 is 29.6 Å². The molecule has 1 saturated heterocycles. The van der Waals surface area contributed by atoms with Crippen LogP contribution in [0.1, 0.15) is 86.1 Å². The highest BCUT2D eigenvalue weighted by molar-refractivity contribution is 5.90. The van der Waals surface area contributed by atoms with Gasteiger partial charge in [-0.3, -0.25) is 24.1 Å². The van der Waals surface area contributed by atoms with E-state index in [2.05, 4.69) is 10.6 Å². The maximum Gasteiger partial charge on any atom is 0.326 e. The Bertz CT molecular complexity index is 1350. The van der Waals surface area contributed by atoms with Gasteiger partial charge in [-0.2, -0.15) is 0 Å². The van der Waals surface area contributed by atoms with Crippen molar-refractivity contribution < 1.29 is 38.6 Å². The molecule has 9 atom stereocenters. The normalized spacial score (nSPS) is 19.3. The predicted octanol–water partition coefficient (Wildman–Crippen LogP) is 3.84. The second-order valence-electron chi connectivity index (χ2n) is 15.9. The minimum atomic E-state index is -1.14. The van der Waals surface area contributed by atoms with Crippen LogP contribution >= 0.6 is 0 Å². The molecule has 1 fully saturated rings. The Hall–Kier alpha value is -3.55. The van der Waals surface area contributed by atoms with E-state index in [0.29, 0.717) is 13.0 Å². The number of nitrogens with one attached hydrogen (secondary N) is 2. The van der Waals surface area contributed by atoms with Crippen molar-refractivity contribution in [1.29, 1.82) is 0 Å². The van der Waals surface area contributed by atoms with Crippen molar-refractivity contribution in [2.45, 2.75) is 129 Å². The zero-order chi connectivity index (χ0) is 40.9. The maximum atomic E-state index is 14.3. The van der Waals surface area contributed by atoms with Crippen molar-refractivity contribution in [2.75, 3.05) is 41.9 Å². The van der Waals surface area contributed by atoms with E-state index in [-0.39, 0.29) is 48.3 Å². The Morgan fingerprint density at radius 1 is 0.889 bits per heavy atom. The number of hydrogen-bond acceptors (Lipinski definition) is 8. The molecule has 54 heavy (non-hydrogen) atoms. The highest BCUT2D eigenvalue weighted by Gasteiger charge is 2.42. The molecule has 0 aromatic heterocycles. The predicted molar refractivity (Wildman–Crippen MR) is 210 cm³/mol. The van der Waals surface area contributed by atoms with Crippen molar-refractivity contribution in [2.24, 2.45) is 23.7 Å². The number of carboxylic acid groups (broad SMARTS) is 1. The molecule has 0 radical (unpaired) electrons. The van der Waals surface area contributed by atoms with Gasteiger partial charge in [0.25, 0.3) is 0 Å². The monoisotopic (exact) mass is 760 g/mol. The molecule has 1 heterocycles. The van der Waals surface area contributed by atoms with Crippen LogP contribution in [0.2, 0.25) is 0 Å². The van der Waals surface area contributed by atoms with Gasteiger partial charge in [-0.05, 0) is 56.7 Å². The molecule has 1 aliphatic heterocycles. The number of amides is 4. The molecule has 0 bridgehead atoms. The Morgan fingerprint density at radius 2 is 1.52 bits per heavy atom. The Balaban J connectivity index is 2.31. The summed E-state index contributed by atoms with van der Waals surface area (Å²) in [4.78, 5) is 72.9. The molecule has 0 saturated carbocycles. The Morgan fingerprint density at radius 3 is 2.02 bits per heavy atom. The first-order chi connectivity index (χ1) is 25.4. The van der Waals surface area contributed by atoms with Crippen molar-refractivity contribution in [3.05, 3.63) is 35.9 Å². The van der Waals surface area contributed by atoms with Crippen LogP contribution in [0, 0.1) is 23.7 Å². The number of nitrogens with zero attached hydrogens (tertiary/aromatic N) is 3. The van der Waals surface area contributed by atoms with Gasteiger partial charge < -0.3 is 35.0 Å². The van der Waals surface area contributed by atoms with Gasteiger partial charge in [0.15, 0.2) is 0 Å². The standard InChI is InChI=1S/C41H69N5O8/c1-13-27(6)36(45(10)40(50)34(25(2)3)43-39(49)35(26(4)5)44(8)9)32(53-11)24-33(47)46-22-18-17-21-31(46)37(54-12)28(7)38(48)42-30(41(51)52)23-29-19-15-14-16-20-29/h14-16,19-20,25-28,30-32,34-37H,13,17-18,21-24H2,1-12H3,(H,42,48)(H,43,49)(H,51,52)/t27-,28+,30-,31-,32+,34-,35-,36-,37+/m0/s1. The lowest BCUT2D eigenvalue weighted by molar-refractivity contribution is -0.151. The summed E-state index contributed by atoms with van der Waals surface area (Å²) in [6.07, 6.45) is 1.72. The van der Waals surface area contributed by atoms with E-state index in [1.54, 1.807) is 30.9 Å². The van der Waals surface area contributed by atoms with Crippen LogP contribution in [0.15, 0.2) is 30.3 Å². The van der Waals surface area contributed by atoms with Crippen molar-refractivity contribution in [3.8, 4) is 0 Å². The molecular weight excluding hydrogens is 690 g/mol. The fourth-order valence-electron chi connectivity index (χ4n) is 7.93. The summed E-state index contributed by atoms with van der Waals surface area (Å²) < 4.78 is 11.9. The van der Waals surface area contributed by atoms with Gasteiger partial charge in [-0.25, -0.2) is 4.79 Å². The van der Waals surface area contributed by atoms with Crippen molar-refractivity contribution in [1.82, 2.24) is 25.3 Å². The quantitative estimate of drug-likeness (QED) is 0.170. The van der Waals surface area contributed by atoms with E-state index in [4.69, 9.17) is 9.47 Å². The first kappa shape index (κ1) is 46.6. The summed E-state index contributed by atoms with van der Waals surface area (Å²) in [5.74, 6) is -3.20. The molecule has 3 N–H and O–H groups in total. The van der Waals surface area contributed by atoms with E-state index in [9.17, 15) is 29.1 Å². The lowest BCUT2D eigenvalue weighted by Crippen LogP contribution is -2.60. The van der Waals surface area contributed by atoms with Gasteiger partial charge in [0.2, 0.25) is 23.6 Å². The number of benzene rings is 1. The first-order valence-corrected chi connectivity index (χ1v) is 19.6. The van der Waals surface area contributed by atoms with Gasteiger partial charge in [0, 0.05) is 34.2 Å². The molecule has 306 valence electrons. The first-order valence-electron chi connectivity index (χ1n) is 19.6. The number of carbonyl (C=O) groups excluding carboxylic acids is 4. The Kier molecular flexibility index (Phi) is 19.1. The molecule has 13 nitrogen and oxygen atoms in total. The van der Waals surface area contributed by atoms with Crippen LogP contribution in [0.4, 0.5) is 0 Å². The van der Waals surface area contributed by atoms with Crippen LogP contribution in [0.5, 0.6) is 0 Å². The van der Waals surface area contributed by atoms with E-state index in [1.165, 1.54) is 7.11 Å². The molecule has 13 heteroatoms. The molecule has 0 unspecified atom stereocenters. The smallest absolute Gasteiger partial charge is 0.326 e. The topological polar surface area (TPSA) is 158 Å². The fraction of sp³-hybridized carbons (Fsp3) is 0.732. The maximum absolute atomic E-state index is 14.3. The minimum Gasteiger partial charge on any atom is -0.480 e. The number of carboxylic acids is 1. The Labute approximate surface area is 323 Å². The van der Waals surface area contributed by atoms with Gasteiger partial charge in [-0.15, -0.1) is 0 Å². The minimum absolute atomic E-state index is 0.0104. The fourth-order valence-corrected chi connectivity index (χ4v) is 7.93. The van der Waals surface area contributed by atoms with Gasteiger partial charge in [-0.1, -0.05) is 85.2 Å². The SMILES string of the molecule is CC[C@H](C)[C@@H]([C@@H](CC(=O)N1CCCC[C@H]1[C@H](OC)[C@@H](C)C(=O)N[C@@H](Cc1ccccc1)C(=O)O)OC)N(C)C(=O)[C@@H](NC(=O)[C@H](C(C)C)N(C)C)C(C)C. The third kappa shape index (κ3) is 12.5. The summed E-state index contributed by atoms with van der Waals surface area (Å²) in [5.41, 5.74) is 0.787. The van der Waals surface area contributed by atoms with Crippen LogP contribution in [-0.2, 0) is 39.9 Å². The number of aliphatic carboxylic acids is 1. The summed E-state index contributed by atoms with van der Waals surface area (Å²) in [7, 11) is 8.47. The van der Waals surface area contributed by atoms with Crippen LogP contribution in [0.25, 0.3) is 0 Å². The van der Waals surface area contributed by atoms with Crippen molar-refractivity contribution in [3.63, 3.8) is 0 Å². The highest BCUT2D eigenvalue weighted by Crippen LogP contribution is 2.29. The summed E-state index contributed by atoms with van der Waals surface area (Å²) in [6, 6.07) is 5.89. The average molecular weight is 760 g/mol. The zero-order valence-electron chi connectivity index (χ0n) is 34.8. The van der Waals surface area contributed by atoms with E-state index < -0.39 is 60.2 Å². The number of rotatable bonds is 21. The third-order valence-electron chi connectivity index (χ3n) is 11.1. The molecule has 2 rings (SSSR count). The number of ether oxygens (including phenoxy) is 2. The van der Waals surface area contributed by atoms with Gasteiger partial charge in [0.05, 0.1) is 42.7 Å². The molecule has 1 aliphatic rings. The highest BCUT2D eigenvalue weighted by atomic mass is 16.5. The lowest BCUT2D eigenvalue weighted by Gasteiger charge is -2.43. The van der Waals surface area contributed by atoms with Crippen LogP contribution in [0.3, 0.4) is 0 Å². The van der Waals surface area contributed by atoms with Crippen LogP contribution in [-0.4, -0.2) is 134 Å². The number of likely N-dealkylation sites (tertiary alicyclic amines) is 1. The summed E-state index contributed by atoms with van der Waals surface area (Å²) in [6.45, 7) is 14.0. The lowest BCUT2D eigenvalue weighted by atomic mass is 9.87.